The van der Waals surface area contributed by atoms with Crippen LogP contribution in [0.4, 0.5) is 14.9 Å². The minimum absolute atomic E-state index is 0.201. The SMILES string of the molecule is C/C=C(\C)Cc1ccccc1-c1cccc(CN2CCC3(CC2)C(=NC2CCCCC2)NC(=O)N3c2cccc(F)c2)c1. The Morgan fingerprint density at radius 3 is 2.53 bits per heavy atom. The third-order valence-electron chi connectivity index (χ3n) is 9.56. The first-order valence-electron chi connectivity index (χ1n) is 15.9. The van der Waals surface area contributed by atoms with Crippen molar-refractivity contribution in [1.82, 2.24) is 10.2 Å². The fourth-order valence-electron chi connectivity index (χ4n) is 7.09. The van der Waals surface area contributed by atoms with E-state index in [0.29, 0.717) is 5.69 Å². The number of hydrogen-bond acceptors (Lipinski definition) is 3. The Morgan fingerprint density at radius 1 is 1.00 bits per heavy atom. The first-order chi connectivity index (χ1) is 20.9. The minimum Gasteiger partial charge on any atom is -0.299 e. The lowest BCUT2D eigenvalue weighted by atomic mass is 9.84. The number of likely N-dealkylation sites (tertiary alicyclic amines) is 1. The molecule has 43 heavy (non-hydrogen) atoms. The molecular weight excluding hydrogens is 535 g/mol. The minimum atomic E-state index is -0.579. The summed E-state index contributed by atoms with van der Waals surface area (Å²) in [4.78, 5) is 22.9. The summed E-state index contributed by atoms with van der Waals surface area (Å²) in [6, 6.07) is 24.1. The summed E-state index contributed by atoms with van der Waals surface area (Å²) in [5.41, 5.74) is 6.54. The summed E-state index contributed by atoms with van der Waals surface area (Å²) in [7, 11) is 0. The zero-order valence-corrected chi connectivity index (χ0v) is 25.5. The predicted octanol–water partition coefficient (Wildman–Crippen LogP) is 8.30. The zero-order valence-electron chi connectivity index (χ0n) is 25.5. The molecule has 0 bridgehead atoms. The van der Waals surface area contributed by atoms with E-state index >= 15 is 0 Å². The molecular formula is C37H43FN4O. The Hall–Kier alpha value is -3.77. The maximum Gasteiger partial charge on any atom is 0.328 e. The highest BCUT2D eigenvalue weighted by Gasteiger charge is 2.53. The molecule has 6 rings (SSSR count). The van der Waals surface area contributed by atoms with Crippen molar-refractivity contribution in [2.24, 2.45) is 4.99 Å². The van der Waals surface area contributed by atoms with Crippen LogP contribution < -0.4 is 10.2 Å². The first kappa shape index (κ1) is 29.3. The third-order valence-corrected chi connectivity index (χ3v) is 9.56. The van der Waals surface area contributed by atoms with Gasteiger partial charge in [0.05, 0.1) is 6.04 Å². The number of halogens is 1. The van der Waals surface area contributed by atoms with Crippen molar-refractivity contribution in [1.29, 1.82) is 0 Å². The molecule has 2 amide bonds. The van der Waals surface area contributed by atoms with E-state index in [4.69, 9.17) is 4.99 Å². The van der Waals surface area contributed by atoms with Crippen LogP contribution in [0, 0.1) is 5.82 Å². The number of amidine groups is 1. The number of urea groups is 1. The highest BCUT2D eigenvalue weighted by Crippen LogP contribution is 2.39. The molecule has 0 aromatic heterocycles. The van der Waals surface area contributed by atoms with Crippen molar-refractivity contribution in [3.05, 3.63) is 101 Å². The second kappa shape index (κ2) is 12.8. The van der Waals surface area contributed by atoms with Gasteiger partial charge in [0, 0.05) is 25.3 Å². The smallest absolute Gasteiger partial charge is 0.299 e. The second-order valence-electron chi connectivity index (χ2n) is 12.5. The first-order valence-corrected chi connectivity index (χ1v) is 15.9. The van der Waals surface area contributed by atoms with Crippen LogP contribution in [0.1, 0.15) is 69.9 Å². The van der Waals surface area contributed by atoms with Gasteiger partial charge < -0.3 is 0 Å². The van der Waals surface area contributed by atoms with Gasteiger partial charge in [-0.15, -0.1) is 0 Å². The summed E-state index contributed by atoms with van der Waals surface area (Å²) in [5.74, 6) is 0.446. The van der Waals surface area contributed by atoms with Gasteiger partial charge in [-0.3, -0.25) is 20.1 Å². The normalized spacial score (nSPS) is 20.6. The van der Waals surface area contributed by atoms with E-state index in [1.807, 2.05) is 6.07 Å². The van der Waals surface area contributed by atoms with Gasteiger partial charge in [-0.2, -0.15) is 0 Å². The summed E-state index contributed by atoms with van der Waals surface area (Å²) in [5, 5.41) is 3.13. The summed E-state index contributed by atoms with van der Waals surface area (Å²) >= 11 is 0. The van der Waals surface area contributed by atoms with E-state index in [1.165, 1.54) is 59.2 Å². The van der Waals surface area contributed by atoms with Crippen LogP contribution in [0.25, 0.3) is 11.1 Å². The summed E-state index contributed by atoms with van der Waals surface area (Å²) < 4.78 is 14.3. The van der Waals surface area contributed by atoms with Crippen molar-refractivity contribution < 1.29 is 9.18 Å². The number of carbonyl (C=O) groups excluding carboxylic acids is 1. The lowest BCUT2D eigenvalue weighted by Crippen LogP contribution is -2.57. The van der Waals surface area contributed by atoms with Crippen molar-refractivity contribution in [3.63, 3.8) is 0 Å². The van der Waals surface area contributed by atoms with Crippen LogP contribution in [-0.4, -0.2) is 41.4 Å². The second-order valence-corrected chi connectivity index (χ2v) is 12.5. The summed E-state index contributed by atoms with van der Waals surface area (Å²) in [6.07, 6.45) is 10.4. The lowest BCUT2D eigenvalue weighted by Gasteiger charge is -2.44. The number of nitrogens with one attached hydrogen (secondary N) is 1. The molecule has 2 aliphatic heterocycles. The molecule has 3 aromatic carbocycles. The number of nitrogens with zero attached hydrogens (tertiary/aromatic N) is 3. The fourth-order valence-corrected chi connectivity index (χ4v) is 7.09. The van der Waals surface area contributed by atoms with E-state index in [-0.39, 0.29) is 17.9 Å². The molecule has 2 saturated heterocycles. The Balaban J connectivity index is 1.23. The number of aliphatic imine (C=N–C) groups is 1. The molecule has 0 radical (unpaired) electrons. The van der Waals surface area contributed by atoms with Crippen LogP contribution in [0.3, 0.4) is 0 Å². The van der Waals surface area contributed by atoms with Gasteiger partial charge in [0.15, 0.2) is 0 Å². The van der Waals surface area contributed by atoms with E-state index in [9.17, 15) is 9.18 Å². The molecule has 1 saturated carbocycles. The maximum atomic E-state index is 14.3. The Bertz CT molecular complexity index is 1510. The van der Waals surface area contributed by atoms with Crippen LogP contribution >= 0.6 is 0 Å². The zero-order chi connectivity index (χ0) is 29.8. The molecule has 5 nitrogen and oxygen atoms in total. The lowest BCUT2D eigenvalue weighted by molar-refractivity contribution is 0.184. The molecule has 3 aliphatic rings. The standard InChI is InChI=1S/C37H43FN4O/c1-3-27(2)23-29-12-7-8-18-34(29)30-13-9-11-28(24-30)26-41-21-19-37(20-22-41)35(39-32-15-5-4-6-16-32)40-36(43)42(37)33-17-10-14-31(38)25-33/h3,7-14,17-18,24-25,32H,4-6,15-16,19-23,26H2,1-2H3,(H,39,40,43)/b27-3+. The topological polar surface area (TPSA) is 47.9 Å². The summed E-state index contributed by atoms with van der Waals surface area (Å²) in [6.45, 7) is 6.78. The average molecular weight is 579 g/mol. The van der Waals surface area contributed by atoms with E-state index < -0.39 is 5.54 Å². The molecule has 224 valence electrons. The van der Waals surface area contributed by atoms with E-state index in [0.717, 1.165) is 57.6 Å². The molecule has 3 aromatic rings. The molecule has 1 aliphatic carbocycles. The quantitative estimate of drug-likeness (QED) is 0.287. The van der Waals surface area contributed by atoms with Gasteiger partial charge in [-0.25, -0.2) is 9.18 Å². The Kier molecular flexibility index (Phi) is 8.75. The van der Waals surface area contributed by atoms with Gasteiger partial charge in [0.2, 0.25) is 0 Å². The highest BCUT2D eigenvalue weighted by atomic mass is 19.1. The van der Waals surface area contributed by atoms with Gasteiger partial charge in [0.1, 0.15) is 17.2 Å². The van der Waals surface area contributed by atoms with Gasteiger partial charge in [0.25, 0.3) is 0 Å². The maximum absolute atomic E-state index is 14.3. The van der Waals surface area contributed by atoms with Crippen molar-refractivity contribution in [2.45, 2.75) is 83.3 Å². The van der Waals surface area contributed by atoms with Gasteiger partial charge in [-0.05, 0) is 92.5 Å². The number of carbonyl (C=O) groups is 1. The molecule has 0 unspecified atom stereocenters. The third kappa shape index (κ3) is 6.30. The van der Waals surface area contributed by atoms with Crippen molar-refractivity contribution in [3.8, 4) is 11.1 Å². The Morgan fingerprint density at radius 2 is 1.77 bits per heavy atom. The predicted molar refractivity (Wildman–Crippen MR) is 174 cm³/mol. The Labute approximate surface area is 255 Å². The van der Waals surface area contributed by atoms with Crippen LogP contribution in [-0.2, 0) is 13.0 Å². The average Bonchev–Trinajstić information content (AvgIpc) is 3.28. The number of allylic oxidation sites excluding steroid dienone is 2. The van der Waals surface area contributed by atoms with Crippen molar-refractivity contribution >= 4 is 17.6 Å². The molecule has 0 atom stereocenters. The van der Waals surface area contributed by atoms with Crippen LogP contribution in [0.2, 0.25) is 0 Å². The molecule has 2 heterocycles. The van der Waals surface area contributed by atoms with Crippen LogP contribution in [0.5, 0.6) is 0 Å². The monoisotopic (exact) mass is 578 g/mol. The number of benzene rings is 3. The molecule has 6 heteroatoms. The van der Waals surface area contributed by atoms with Gasteiger partial charge in [-0.1, -0.05) is 79.4 Å². The molecule has 1 spiro atoms. The largest absolute Gasteiger partial charge is 0.328 e. The fraction of sp³-hybridized carbons (Fsp3) is 0.405. The number of rotatable bonds is 7. The van der Waals surface area contributed by atoms with Crippen molar-refractivity contribution in [2.75, 3.05) is 18.0 Å². The van der Waals surface area contributed by atoms with E-state index in [1.54, 1.807) is 11.0 Å². The number of piperidine rings is 1. The number of anilines is 1. The van der Waals surface area contributed by atoms with Gasteiger partial charge >= 0.3 is 6.03 Å². The number of amides is 2. The number of hydrogen-bond donors (Lipinski definition) is 1. The van der Waals surface area contributed by atoms with Crippen LogP contribution in [0.15, 0.2) is 89.4 Å². The highest BCUT2D eigenvalue weighted by molar-refractivity contribution is 6.19. The van der Waals surface area contributed by atoms with E-state index in [2.05, 4.69) is 78.7 Å². The molecule has 3 fully saturated rings. The molecule has 1 N–H and O–H groups in total.